The molecule has 0 bridgehead atoms. The zero-order chi connectivity index (χ0) is 42.9. The summed E-state index contributed by atoms with van der Waals surface area (Å²) in [5.41, 5.74) is 3.29. The average Bonchev–Trinajstić information content (AvgIpc) is 4.05. The molecule has 1 aliphatic rings. The van der Waals surface area contributed by atoms with Gasteiger partial charge in [-0.1, -0.05) is 67.2 Å². The summed E-state index contributed by atoms with van der Waals surface area (Å²) in [6, 6.07) is 30.5. The van der Waals surface area contributed by atoms with Gasteiger partial charge in [0.15, 0.2) is 0 Å². The molecule has 7 rings (SSSR count). The van der Waals surface area contributed by atoms with E-state index in [-0.39, 0.29) is 43.7 Å². The fraction of sp³-hybridized carbons (Fsp3) is 0.250. The molecule has 0 spiro atoms. The molecule has 13 nitrogen and oxygen atoms in total. The van der Waals surface area contributed by atoms with Gasteiger partial charge in [-0.05, 0) is 66.1 Å². The molecule has 60 heavy (non-hydrogen) atoms. The molecule has 0 amide bonds. The van der Waals surface area contributed by atoms with Crippen molar-refractivity contribution in [1.29, 1.82) is 0 Å². The van der Waals surface area contributed by atoms with E-state index in [0.717, 1.165) is 5.41 Å². The van der Waals surface area contributed by atoms with Crippen LogP contribution in [0.1, 0.15) is 42.2 Å². The van der Waals surface area contributed by atoms with E-state index in [0.29, 0.717) is 46.6 Å². The summed E-state index contributed by atoms with van der Waals surface area (Å²) in [4.78, 5) is 1.82. The van der Waals surface area contributed by atoms with Crippen LogP contribution in [0.2, 0.25) is 0 Å². The van der Waals surface area contributed by atoms with E-state index in [2.05, 4.69) is 27.0 Å². The topological polar surface area (TPSA) is 156 Å². The predicted molar refractivity (Wildman–Crippen MR) is 213 cm³/mol. The van der Waals surface area contributed by atoms with E-state index in [9.17, 15) is 38.8 Å². The van der Waals surface area contributed by atoms with E-state index < -0.39 is 50.9 Å². The first-order valence-corrected chi connectivity index (χ1v) is 21.4. The van der Waals surface area contributed by atoms with Gasteiger partial charge < -0.3 is 8.83 Å². The molecule has 316 valence electrons. The van der Waals surface area contributed by atoms with Crippen LogP contribution >= 0.6 is 0 Å². The number of anilines is 2. The highest BCUT2D eigenvalue weighted by atomic mass is 32.2. The molecule has 0 N–H and O–H groups in total. The minimum absolute atomic E-state index is 0.0320. The highest BCUT2D eigenvalue weighted by molar-refractivity contribution is 7.95. The van der Waals surface area contributed by atoms with Crippen molar-refractivity contribution in [1.82, 2.24) is 25.3 Å². The van der Waals surface area contributed by atoms with Crippen LogP contribution in [-0.4, -0.2) is 73.7 Å². The Kier molecular flexibility index (Phi) is 14.1. The number of rotatable bonds is 16. The number of benzene rings is 4. The van der Waals surface area contributed by atoms with E-state index in [4.69, 9.17) is 8.83 Å². The van der Waals surface area contributed by atoms with E-state index in [1.165, 1.54) is 8.61 Å². The van der Waals surface area contributed by atoms with E-state index in [1.807, 2.05) is 4.90 Å². The van der Waals surface area contributed by atoms with E-state index in [1.54, 1.807) is 109 Å². The second kappa shape index (κ2) is 19.4. The van der Waals surface area contributed by atoms with Gasteiger partial charge >= 0.3 is 12.9 Å². The Hall–Kier alpha value is -5.99. The maximum absolute atomic E-state index is 13.4. The quantitative estimate of drug-likeness (QED) is 0.0864. The fourth-order valence-corrected chi connectivity index (χ4v) is 8.44. The molecular weight excluding hydrogens is 834 g/mol. The maximum atomic E-state index is 13.4. The Morgan fingerprint density at radius 1 is 0.683 bits per heavy atom. The number of alkyl halides is 5. The van der Waals surface area contributed by atoms with Gasteiger partial charge in [0.25, 0.3) is 21.8 Å². The Labute approximate surface area is 342 Å². The standard InChI is InChI=1S/C22H23F3N4O3S.C18H15F2N3O3S/c23-18-10-11-28(15-18)12-13-33(30,31)29(19-4-2-1-3-5-19)14-16-6-8-17(9-7-16)21-26-27-22(32-21)20(24)25;1-2-27(24,25)23(15-6-4-3-5-7-15)12-13-8-10-14(11-9-13)17-21-22-18(26-17)16(19)20/h1-9,18,20H,10-15H2;2-11,16H,1,12H2/t18-;/m1./s1. The number of sulfonamides is 2. The first kappa shape index (κ1) is 43.6. The van der Waals surface area contributed by atoms with Crippen LogP contribution in [0.5, 0.6) is 0 Å². The summed E-state index contributed by atoms with van der Waals surface area (Å²) in [5, 5.41) is 14.7. The van der Waals surface area contributed by atoms with Crippen molar-refractivity contribution in [3.63, 3.8) is 0 Å². The lowest BCUT2D eigenvalue weighted by Crippen LogP contribution is -2.37. The van der Waals surface area contributed by atoms with Crippen LogP contribution in [0.15, 0.2) is 130 Å². The van der Waals surface area contributed by atoms with Crippen molar-refractivity contribution in [3.05, 3.63) is 144 Å². The minimum Gasteiger partial charge on any atom is -0.415 e. The largest absolute Gasteiger partial charge is 0.415 e. The number of hydrogen-bond acceptors (Lipinski definition) is 11. The summed E-state index contributed by atoms with van der Waals surface area (Å²) < 4.78 is 127. The number of halogens is 5. The fourth-order valence-electron chi connectivity index (χ4n) is 6.02. The third kappa shape index (κ3) is 11.2. The number of para-hydroxylation sites is 2. The third-order valence-corrected chi connectivity index (χ3v) is 12.2. The number of likely N-dealkylation sites (tertiary alicyclic amines) is 1. The van der Waals surface area contributed by atoms with Gasteiger partial charge in [0.05, 0.1) is 30.2 Å². The van der Waals surface area contributed by atoms with Gasteiger partial charge in [-0.3, -0.25) is 13.5 Å². The summed E-state index contributed by atoms with van der Waals surface area (Å²) in [7, 11) is -7.41. The molecular formula is C40H38F5N7O6S2. The lowest BCUT2D eigenvalue weighted by atomic mass is 10.1. The summed E-state index contributed by atoms with van der Waals surface area (Å²) >= 11 is 0. The molecule has 6 aromatic rings. The van der Waals surface area contributed by atoms with Crippen molar-refractivity contribution in [3.8, 4) is 22.9 Å². The summed E-state index contributed by atoms with van der Waals surface area (Å²) in [5.74, 6) is -1.71. The number of aromatic nitrogens is 4. The molecule has 3 heterocycles. The van der Waals surface area contributed by atoms with Crippen LogP contribution in [-0.2, 0) is 33.1 Å². The highest BCUT2D eigenvalue weighted by Crippen LogP contribution is 2.28. The monoisotopic (exact) mass is 871 g/mol. The van der Waals surface area contributed by atoms with Crippen LogP contribution in [0.25, 0.3) is 22.9 Å². The van der Waals surface area contributed by atoms with Crippen molar-refractivity contribution in [2.75, 3.05) is 34.0 Å². The first-order chi connectivity index (χ1) is 28.7. The number of nitrogens with zero attached hydrogens (tertiary/aromatic N) is 7. The van der Waals surface area contributed by atoms with Gasteiger partial charge in [-0.2, -0.15) is 17.6 Å². The van der Waals surface area contributed by atoms with Crippen LogP contribution in [0.3, 0.4) is 0 Å². The summed E-state index contributed by atoms with van der Waals surface area (Å²) in [6.07, 6.45) is -6.18. The van der Waals surface area contributed by atoms with Gasteiger partial charge in [-0.15, -0.1) is 20.4 Å². The zero-order valence-electron chi connectivity index (χ0n) is 31.6. The van der Waals surface area contributed by atoms with Crippen LogP contribution < -0.4 is 8.61 Å². The molecule has 0 radical (unpaired) electrons. The molecule has 0 unspecified atom stereocenters. The van der Waals surface area contributed by atoms with Gasteiger partial charge in [0, 0.05) is 36.2 Å². The second-order valence-electron chi connectivity index (χ2n) is 13.3. The number of hydrogen-bond donors (Lipinski definition) is 0. The lowest BCUT2D eigenvalue weighted by molar-refractivity contribution is 0.115. The van der Waals surface area contributed by atoms with Gasteiger partial charge in [0.1, 0.15) is 6.17 Å². The molecule has 2 aromatic heterocycles. The molecule has 4 aromatic carbocycles. The lowest BCUT2D eigenvalue weighted by Gasteiger charge is -2.26. The molecule has 1 saturated heterocycles. The second-order valence-corrected chi connectivity index (χ2v) is 17.1. The SMILES string of the molecule is C=CS(=O)(=O)N(Cc1ccc(-c2nnc(C(F)F)o2)cc1)c1ccccc1.O=S(=O)(CCN1CC[C@@H](F)C1)N(Cc1ccc(-c2nnc(C(F)F)o2)cc1)c1ccccc1. The Bertz CT molecular complexity index is 2530. The Morgan fingerprint density at radius 3 is 1.53 bits per heavy atom. The molecule has 0 saturated carbocycles. The molecule has 1 fully saturated rings. The van der Waals surface area contributed by atoms with Gasteiger partial charge in [-0.25, -0.2) is 21.2 Å². The molecule has 1 atom stereocenters. The van der Waals surface area contributed by atoms with Gasteiger partial charge in [0.2, 0.25) is 21.8 Å². The van der Waals surface area contributed by atoms with Crippen molar-refractivity contribution < 1.29 is 47.6 Å². The van der Waals surface area contributed by atoms with E-state index >= 15 is 0 Å². The Morgan fingerprint density at radius 2 is 1.13 bits per heavy atom. The Balaban J connectivity index is 0.000000205. The predicted octanol–water partition coefficient (Wildman–Crippen LogP) is 8.21. The van der Waals surface area contributed by atoms with Crippen molar-refractivity contribution in [2.45, 2.75) is 38.5 Å². The highest BCUT2D eigenvalue weighted by Gasteiger charge is 2.28. The molecule has 20 heteroatoms. The minimum atomic E-state index is -3.71. The maximum Gasteiger partial charge on any atom is 0.314 e. The zero-order valence-corrected chi connectivity index (χ0v) is 33.3. The van der Waals surface area contributed by atoms with Crippen molar-refractivity contribution >= 4 is 31.4 Å². The normalized spacial score (nSPS) is 14.6. The van der Waals surface area contributed by atoms with Crippen LogP contribution in [0.4, 0.5) is 33.3 Å². The third-order valence-electron chi connectivity index (χ3n) is 9.13. The smallest absolute Gasteiger partial charge is 0.314 e. The summed E-state index contributed by atoms with van der Waals surface area (Å²) in [6.45, 7) is 4.58. The first-order valence-electron chi connectivity index (χ1n) is 18.3. The van der Waals surface area contributed by atoms with Crippen molar-refractivity contribution in [2.24, 2.45) is 0 Å². The van der Waals surface area contributed by atoms with Crippen LogP contribution in [0, 0.1) is 0 Å². The average molecular weight is 872 g/mol. The molecule has 0 aliphatic carbocycles. The molecule has 1 aliphatic heterocycles.